The highest BCUT2D eigenvalue weighted by atomic mass is 32.1. The van der Waals surface area contributed by atoms with Crippen LogP contribution in [0.25, 0.3) is 0 Å². The van der Waals surface area contributed by atoms with E-state index in [1.54, 1.807) is 0 Å². The molecular weight excluding hydrogens is 132 g/mol. The first-order valence-corrected chi connectivity index (χ1v) is 3.89. The number of rotatable bonds is 2. The quantitative estimate of drug-likeness (QED) is 0.629. The molecule has 0 amide bonds. The van der Waals surface area contributed by atoms with E-state index in [1.165, 1.54) is 22.8 Å². The van der Waals surface area contributed by atoms with Gasteiger partial charge in [0.2, 0.25) is 0 Å². The van der Waals surface area contributed by atoms with Gasteiger partial charge in [-0.05, 0) is 24.9 Å². The maximum absolute atomic E-state index is 3.90. The maximum atomic E-state index is 3.90. The van der Waals surface area contributed by atoms with Gasteiger partial charge >= 0.3 is 0 Å². The number of hydrogen-bond donors (Lipinski definition) is 0. The Balaban J connectivity index is 2.69. The zero-order chi connectivity index (χ0) is 6.69. The summed E-state index contributed by atoms with van der Waals surface area (Å²) >= 11 is 1.51. The van der Waals surface area contributed by atoms with Gasteiger partial charge in [0.05, 0.1) is 5.69 Å². The average molecular weight is 142 g/mol. The standard InChI is InChI=1S/C6H10N2S/c1-3-4-6-5(2)7-8-9-6/h3-4H2,1-2H3. The van der Waals surface area contributed by atoms with Crippen molar-refractivity contribution in [1.29, 1.82) is 0 Å². The van der Waals surface area contributed by atoms with Crippen molar-refractivity contribution >= 4 is 11.5 Å². The molecule has 2 nitrogen and oxygen atoms in total. The van der Waals surface area contributed by atoms with Crippen LogP contribution in [0.3, 0.4) is 0 Å². The molecule has 1 rings (SSSR count). The smallest absolute Gasteiger partial charge is 0.0756 e. The lowest BCUT2D eigenvalue weighted by molar-refractivity contribution is 0.920. The van der Waals surface area contributed by atoms with E-state index in [9.17, 15) is 0 Å². The van der Waals surface area contributed by atoms with E-state index < -0.39 is 0 Å². The Morgan fingerprint density at radius 2 is 2.33 bits per heavy atom. The Labute approximate surface area is 59.1 Å². The summed E-state index contributed by atoms with van der Waals surface area (Å²) in [4.78, 5) is 1.33. The molecule has 1 heterocycles. The second-order valence-corrected chi connectivity index (χ2v) is 2.87. The van der Waals surface area contributed by atoms with Crippen molar-refractivity contribution in [3.8, 4) is 0 Å². The molecule has 9 heavy (non-hydrogen) atoms. The van der Waals surface area contributed by atoms with Crippen molar-refractivity contribution in [2.75, 3.05) is 0 Å². The van der Waals surface area contributed by atoms with Crippen molar-refractivity contribution in [1.82, 2.24) is 9.59 Å². The highest BCUT2D eigenvalue weighted by molar-refractivity contribution is 7.05. The molecule has 0 saturated heterocycles. The van der Waals surface area contributed by atoms with E-state index in [2.05, 4.69) is 16.5 Å². The Morgan fingerprint density at radius 1 is 1.56 bits per heavy atom. The van der Waals surface area contributed by atoms with E-state index in [-0.39, 0.29) is 0 Å². The molecule has 0 N–H and O–H groups in total. The van der Waals surface area contributed by atoms with Gasteiger partial charge in [0, 0.05) is 4.88 Å². The van der Waals surface area contributed by atoms with Crippen LogP contribution in [0.5, 0.6) is 0 Å². The van der Waals surface area contributed by atoms with Crippen molar-refractivity contribution < 1.29 is 0 Å². The van der Waals surface area contributed by atoms with Gasteiger partial charge in [-0.1, -0.05) is 17.8 Å². The molecule has 0 aliphatic carbocycles. The van der Waals surface area contributed by atoms with Gasteiger partial charge in [0.15, 0.2) is 0 Å². The molecule has 0 radical (unpaired) electrons. The predicted octanol–water partition coefficient (Wildman–Crippen LogP) is 1.80. The predicted molar refractivity (Wildman–Crippen MR) is 38.6 cm³/mol. The SMILES string of the molecule is CCCc1snnc1C. The molecule has 0 bridgehead atoms. The first kappa shape index (κ1) is 6.68. The highest BCUT2D eigenvalue weighted by Gasteiger charge is 1.98. The van der Waals surface area contributed by atoms with Crippen LogP contribution < -0.4 is 0 Å². The number of aryl methyl sites for hydroxylation is 2. The van der Waals surface area contributed by atoms with Crippen LogP contribution in [0.15, 0.2) is 0 Å². The average Bonchev–Trinajstić information content (AvgIpc) is 2.18. The van der Waals surface area contributed by atoms with E-state index in [0.717, 1.165) is 12.1 Å². The van der Waals surface area contributed by atoms with Crippen molar-refractivity contribution in [2.24, 2.45) is 0 Å². The minimum atomic E-state index is 1.10. The van der Waals surface area contributed by atoms with Gasteiger partial charge in [0.1, 0.15) is 0 Å². The largest absolute Gasteiger partial charge is 0.143 e. The molecule has 0 aliphatic rings. The van der Waals surface area contributed by atoms with Crippen LogP contribution in [-0.2, 0) is 6.42 Å². The van der Waals surface area contributed by atoms with Gasteiger partial charge in [0.25, 0.3) is 0 Å². The van der Waals surface area contributed by atoms with Gasteiger partial charge in [-0.3, -0.25) is 0 Å². The van der Waals surface area contributed by atoms with Gasteiger partial charge in [-0.25, -0.2) is 0 Å². The highest BCUT2D eigenvalue weighted by Crippen LogP contribution is 2.10. The Kier molecular flexibility index (Phi) is 2.16. The minimum Gasteiger partial charge on any atom is -0.143 e. The summed E-state index contributed by atoms with van der Waals surface area (Å²) in [6.45, 7) is 4.17. The Morgan fingerprint density at radius 3 is 2.78 bits per heavy atom. The van der Waals surface area contributed by atoms with Crippen LogP contribution >= 0.6 is 11.5 Å². The third-order valence-corrected chi connectivity index (χ3v) is 2.11. The fraction of sp³-hybridized carbons (Fsp3) is 0.667. The maximum Gasteiger partial charge on any atom is 0.0756 e. The molecule has 50 valence electrons. The molecule has 0 spiro atoms. The van der Waals surface area contributed by atoms with E-state index in [0.29, 0.717) is 0 Å². The molecule has 0 aromatic carbocycles. The van der Waals surface area contributed by atoms with Gasteiger partial charge in [-0.2, -0.15) is 0 Å². The normalized spacial score (nSPS) is 10.0. The zero-order valence-electron chi connectivity index (χ0n) is 5.72. The summed E-state index contributed by atoms with van der Waals surface area (Å²) in [5.74, 6) is 0. The van der Waals surface area contributed by atoms with Crippen LogP contribution in [0, 0.1) is 6.92 Å². The summed E-state index contributed by atoms with van der Waals surface area (Å²) in [5.41, 5.74) is 1.10. The lowest BCUT2D eigenvalue weighted by atomic mass is 10.2. The lowest BCUT2D eigenvalue weighted by Gasteiger charge is -1.88. The van der Waals surface area contributed by atoms with Crippen molar-refractivity contribution in [2.45, 2.75) is 26.7 Å². The van der Waals surface area contributed by atoms with Crippen molar-refractivity contribution in [3.63, 3.8) is 0 Å². The van der Waals surface area contributed by atoms with Crippen LogP contribution in [-0.4, -0.2) is 9.59 Å². The van der Waals surface area contributed by atoms with E-state index in [1.807, 2.05) is 6.92 Å². The minimum absolute atomic E-state index is 1.10. The lowest BCUT2D eigenvalue weighted by Crippen LogP contribution is -1.80. The van der Waals surface area contributed by atoms with E-state index in [4.69, 9.17) is 0 Å². The van der Waals surface area contributed by atoms with Crippen LogP contribution in [0.4, 0.5) is 0 Å². The topological polar surface area (TPSA) is 25.8 Å². The molecule has 0 aliphatic heterocycles. The molecule has 0 saturated carbocycles. The summed E-state index contributed by atoms with van der Waals surface area (Å²) in [5, 5.41) is 3.90. The third kappa shape index (κ3) is 1.48. The summed E-state index contributed by atoms with van der Waals surface area (Å²) in [7, 11) is 0. The first-order valence-electron chi connectivity index (χ1n) is 3.12. The van der Waals surface area contributed by atoms with Crippen molar-refractivity contribution in [3.05, 3.63) is 10.6 Å². The van der Waals surface area contributed by atoms with Crippen LogP contribution in [0.2, 0.25) is 0 Å². The summed E-state index contributed by atoms with van der Waals surface area (Å²) in [6.07, 6.45) is 2.31. The second-order valence-electron chi connectivity index (χ2n) is 2.03. The summed E-state index contributed by atoms with van der Waals surface area (Å²) < 4.78 is 3.83. The Bertz CT molecular complexity index is 183. The van der Waals surface area contributed by atoms with Gasteiger partial charge in [-0.15, -0.1) is 5.10 Å². The molecule has 0 fully saturated rings. The second kappa shape index (κ2) is 2.92. The van der Waals surface area contributed by atoms with Crippen LogP contribution in [0.1, 0.15) is 23.9 Å². The Hall–Kier alpha value is -0.440. The molecule has 3 heteroatoms. The molecule has 0 atom stereocenters. The number of aromatic nitrogens is 2. The number of hydrogen-bond acceptors (Lipinski definition) is 3. The fourth-order valence-electron chi connectivity index (χ4n) is 0.706. The monoisotopic (exact) mass is 142 g/mol. The van der Waals surface area contributed by atoms with Gasteiger partial charge < -0.3 is 0 Å². The molecule has 1 aromatic rings. The number of nitrogens with zero attached hydrogens (tertiary/aromatic N) is 2. The van der Waals surface area contributed by atoms with E-state index >= 15 is 0 Å². The molecular formula is C6H10N2S. The zero-order valence-corrected chi connectivity index (χ0v) is 6.53. The first-order chi connectivity index (χ1) is 4.34. The summed E-state index contributed by atoms with van der Waals surface area (Å²) in [6, 6.07) is 0. The molecule has 1 aromatic heterocycles. The fourth-order valence-corrected chi connectivity index (χ4v) is 1.44. The third-order valence-electron chi connectivity index (χ3n) is 1.22. The molecule has 0 unspecified atom stereocenters.